The molecule has 0 unspecified atom stereocenters. The quantitative estimate of drug-likeness (QED) is 0.428. The molecule has 1 heterocycles. The molecule has 1 aromatic heterocycles. The molecule has 0 N–H and O–H groups in total. The number of rotatable bonds is 2. The second-order valence-electron chi connectivity index (χ2n) is 7.71. The second-order valence-corrected chi connectivity index (χ2v) is 7.71. The Labute approximate surface area is 151 Å². The van der Waals surface area contributed by atoms with Gasteiger partial charge in [-0.2, -0.15) is 0 Å². The first-order valence-electron chi connectivity index (χ1n) is 9.18. The van der Waals surface area contributed by atoms with Crippen LogP contribution in [0.3, 0.4) is 0 Å². The van der Waals surface area contributed by atoms with Gasteiger partial charge < -0.3 is 0 Å². The number of nitrogens with zero attached hydrogens (tertiary/aromatic N) is 1. The summed E-state index contributed by atoms with van der Waals surface area (Å²) in [6.45, 7) is 8.98. The molecule has 4 rings (SSSR count). The van der Waals surface area contributed by atoms with E-state index < -0.39 is 0 Å². The highest BCUT2D eigenvalue weighted by atomic mass is 14.9. The summed E-state index contributed by atoms with van der Waals surface area (Å²) in [7, 11) is 2.14. The second kappa shape index (κ2) is 5.84. The fourth-order valence-electron chi connectivity index (χ4n) is 4.05. The van der Waals surface area contributed by atoms with Crippen molar-refractivity contribution in [1.82, 2.24) is 0 Å². The van der Waals surface area contributed by atoms with Crippen molar-refractivity contribution in [3.8, 4) is 22.4 Å². The molecule has 0 fully saturated rings. The fraction of sp³-hybridized carbons (Fsp3) is 0.292. The zero-order valence-corrected chi connectivity index (χ0v) is 15.9. The summed E-state index contributed by atoms with van der Waals surface area (Å²) >= 11 is 0. The van der Waals surface area contributed by atoms with E-state index in [9.17, 15) is 0 Å². The maximum atomic E-state index is 2.35. The number of fused-ring (bicyclic) bond motifs is 3. The lowest BCUT2D eigenvalue weighted by atomic mass is 9.93. The normalized spacial score (nSPS) is 12.4. The monoisotopic (exact) mass is 328 g/mol. The molecule has 126 valence electrons. The summed E-state index contributed by atoms with van der Waals surface area (Å²) in [6.07, 6.45) is 3.25. The molecular weight excluding hydrogens is 302 g/mol. The first-order chi connectivity index (χ1) is 12.0. The average Bonchev–Trinajstić information content (AvgIpc) is 2.94. The third-order valence-electron chi connectivity index (χ3n) is 5.63. The van der Waals surface area contributed by atoms with Crippen LogP contribution in [0.2, 0.25) is 0 Å². The van der Waals surface area contributed by atoms with Crippen molar-refractivity contribution in [2.75, 3.05) is 0 Å². The van der Waals surface area contributed by atoms with Gasteiger partial charge in [0.25, 0.3) is 0 Å². The third kappa shape index (κ3) is 2.59. The van der Waals surface area contributed by atoms with Gasteiger partial charge >= 0.3 is 0 Å². The zero-order chi connectivity index (χ0) is 17.7. The largest absolute Gasteiger partial charge is 0.212 e. The molecular formula is C24H26N+. The number of hydrogen-bond acceptors (Lipinski definition) is 0. The van der Waals surface area contributed by atoms with Gasteiger partial charge in [-0.15, -0.1) is 0 Å². The summed E-state index contributed by atoms with van der Waals surface area (Å²) in [4.78, 5) is 0. The molecule has 0 spiro atoms. The molecule has 0 aliphatic heterocycles. The summed E-state index contributed by atoms with van der Waals surface area (Å²) in [5.74, 6) is 0.543. The topological polar surface area (TPSA) is 3.88 Å². The van der Waals surface area contributed by atoms with E-state index in [1.807, 2.05) is 0 Å². The van der Waals surface area contributed by atoms with Crippen LogP contribution in [-0.4, -0.2) is 0 Å². The van der Waals surface area contributed by atoms with Crippen LogP contribution in [0.25, 0.3) is 22.4 Å². The van der Waals surface area contributed by atoms with Gasteiger partial charge in [0, 0.05) is 17.7 Å². The highest BCUT2D eigenvalue weighted by Gasteiger charge is 2.24. The Kier molecular flexibility index (Phi) is 3.76. The molecule has 0 radical (unpaired) electrons. The van der Waals surface area contributed by atoms with Crippen LogP contribution in [0.1, 0.15) is 47.6 Å². The van der Waals surface area contributed by atoms with Crippen molar-refractivity contribution >= 4 is 0 Å². The van der Waals surface area contributed by atoms with Gasteiger partial charge in [0.1, 0.15) is 7.05 Å². The SMILES string of the molecule is Cc1ccc2c(c1)Cc1c-2ccc(-c2cc(C(C)C)cc[n+]2C)c1C. The fourth-order valence-corrected chi connectivity index (χ4v) is 4.05. The van der Waals surface area contributed by atoms with Gasteiger partial charge in [-0.05, 0) is 65.6 Å². The van der Waals surface area contributed by atoms with Gasteiger partial charge in [-0.25, -0.2) is 4.57 Å². The minimum atomic E-state index is 0.543. The number of aromatic nitrogens is 1. The van der Waals surface area contributed by atoms with Gasteiger partial charge in [-0.3, -0.25) is 0 Å². The predicted octanol–water partition coefficient (Wildman–Crippen LogP) is 5.49. The predicted molar refractivity (Wildman–Crippen MR) is 105 cm³/mol. The van der Waals surface area contributed by atoms with Crippen molar-refractivity contribution < 1.29 is 4.57 Å². The Morgan fingerprint density at radius 2 is 1.60 bits per heavy atom. The molecule has 0 atom stereocenters. The maximum Gasteiger partial charge on any atom is 0.212 e. The van der Waals surface area contributed by atoms with Crippen LogP contribution in [0.15, 0.2) is 48.7 Å². The summed E-state index contributed by atoms with van der Waals surface area (Å²) in [6, 6.07) is 16.1. The Bertz CT molecular complexity index is 980. The lowest BCUT2D eigenvalue weighted by Crippen LogP contribution is -2.31. The molecule has 1 heteroatoms. The van der Waals surface area contributed by atoms with E-state index in [-0.39, 0.29) is 0 Å². The van der Waals surface area contributed by atoms with E-state index in [4.69, 9.17) is 0 Å². The van der Waals surface area contributed by atoms with E-state index in [1.54, 1.807) is 0 Å². The summed E-state index contributed by atoms with van der Waals surface area (Å²) in [5, 5.41) is 0. The van der Waals surface area contributed by atoms with Crippen LogP contribution < -0.4 is 4.57 Å². The third-order valence-corrected chi connectivity index (χ3v) is 5.63. The first-order valence-corrected chi connectivity index (χ1v) is 9.18. The van der Waals surface area contributed by atoms with Crippen molar-refractivity contribution in [2.45, 2.75) is 40.0 Å². The van der Waals surface area contributed by atoms with Crippen LogP contribution in [0, 0.1) is 13.8 Å². The van der Waals surface area contributed by atoms with Crippen molar-refractivity contribution in [3.05, 3.63) is 76.5 Å². The van der Waals surface area contributed by atoms with Crippen LogP contribution in [0.4, 0.5) is 0 Å². The molecule has 3 aromatic rings. The van der Waals surface area contributed by atoms with E-state index in [0.717, 1.165) is 6.42 Å². The van der Waals surface area contributed by atoms with Crippen LogP contribution >= 0.6 is 0 Å². The summed E-state index contributed by atoms with van der Waals surface area (Å²) < 4.78 is 2.24. The summed E-state index contributed by atoms with van der Waals surface area (Å²) in [5.41, 5.74) is 12.6. The Morgan fingerprint density at radius 1 is 0.880 bits per heavy atom. The van der Waals surface area contributed by atoms with E-state index in [2.05, 4.69) is 88.0 Å². The highest BCUT2D eigenvalue weighted by Crippen LogP contribution is 2.41. The lowest BCUT2D eigenvalue weighted by Gasteiger charge is -2.12. The molecule has 0 saturated heterocycles. The molecule has 25 heavy (non-hydrogen) atoms. The molecule has 0 bridgehead atoms. The Morgan fingerprint density at radius 3 is 2.36 bits per heavy atom. The van der Waals surface area contributed by atoms with E-state index >= 15 is 0 Å². The van der Waals surface area contributed by atoms with Gasteiger partial charge in [-0.1, -0.05) is 43.7 Å². The van der Waals surface area contributed by atoms with Gasteiger partial charge in [0.05, 0.1) is 0 Å². The maximum absolute atomic E-state index is 2.35. The van der Waals surface area contributed by atoms with Crippen molar-refractivity contribution in [2.24, 2.45) is 7.05 Å². The molecule has 1 aliphatic carbocycles. The molecule has 1 nitrogen and oxygen atoms in total. The van der Waals surface area contributed by atoms with Crippen LogP contribution in [0.5, 0.6) is 0 Å². The molecule has 2 aromatic carbocycles. The minimum Gasteiger partial charge on any atom is -0.201 e. The molecule has 0 amide bonds. The Balaban J connectivity index is 1.87. The number of benzene rings is 2. The van der Waals surface area contributed by atoms with E-state index in [0.29, 0.717) is 5.92 Å². The number of hydrogen-bond donors (Lipinski definition) is 0. The zero-order valence-electron chi connectivity index (χ0n) is 15.9. The Hall–Kier alpha value is -2.41. The standard InChI is InChI=1S/C24H26N/c1-15(2)18-10-11-25(5)24(14-18)20-8-9-22-21-7-6-16(3)12-19(21)13-23(22)17(20)4/h6-12,14-15H,13H2,1-5H3/q+1. The van der Waals surface area contributed by atoms with Crippen molar-refractivity contribution in [1.29, 1.82) is 0 Å². The first kappa shape index (κ1) is 16.1. The van der Waals surface area contributed by atoms with Gasteiger partial charge in [0.2, 0.25) is 5.69 Å². The lowest BCUT2D eigenvalue weighted by molar-refractivity contribution is -0.660. The molecule has 1 aliphatic rings. The average molecular weight is 328 g/mol. The van der Waals surface area contributed by atoms with Crippen LogP contribution in [-0.2, 0) is 13.5 Å². The minimum absolute atomic E-state index is 0.543. The molecule has 0 saturated carbocycles. The number of pyridine rings is 1. The number of aryl methyl sites for hydroxylation is 2. The van der Waals surface area contributed by atoms with Crippen molar-refractivity contribution in [3.63, 3.8) is 0 Å². The van der Waals surface area contributed by atoms with Gasteiger partial charge in [0.15, 0.2) is 6.20 Å². The van der Waals surface area contributed by atoms with E-state index in [1.165, 1.54) is 50.2 Å². The highest BCUT2D eigenvalue weighted by molar-refractivity contribution is 5.82. The smallest absolute Gasteiger partial charge is 0.201 e.